The van der Waals surface area contributed by atoms with E-state index in [1.54, 1.807) is 0 Å². The third kappa shape index (κ3) is 12.6. The van der Waals surface area contributed by atoms with Gasteiger partial charge in [-0.25, -0.2) is 0 Å². The van der Waals surface area contributed by atoms with Crippen molar-refractivity contribution in [2.45, 2.75) is 69.7 Å². The largest absolute Gasteiger partial charge is 0.394 e. The molecule has 12 heteroatoms. The number of ether oxygens (including phenoxy) is 4. The van der Waals surface area contributed by atoms with E-state index in [4.69, 9.17) is 24.1 Å². The number of nitrogens with one attached hydrogen (secondary N) is 2. The van der Waals surface area contributed by atoms with Crippen LogP contribution < -0.4 is 10.6 Å². The number of hydrogen-bond acceptors (Lipinski definition) is 10. The van der Waals surface area contributed by atoms with Crippen molar-refractivity contribution in [3.8, 4) is 0 Å². The number of amides is 2. The first-order chi connectivity index (χ1) is 15.9. The standard InChI is InChI=1S/C21H40N2O10/c1-2-16(25)22-7-5-3-4-6-17(26)23-8-9-30-10-11-31-12-13-32-21-20(29)19(28)18(27)15(14-24)33-21/h15,18-21,24,27-29H,2-14H2,1H3,(H,22,25)(H,23,26)/t15?,18-,19+,20?,21+/m1/s1. The molecular weight excluding hydrogens is 440 g/mol. The molecule has 0 saturated carbocycles. The van der Waals surface area contributed by atoms with E-state index in [1.807, 2.05) is 6.92 Å². The van der Waals surface area contributed by atoms with Gasteiger partial charge in [0.1, 0.15) is 24.4 Å². The van der Waals surface area contributed by atoms with Gasteiger partial charge in [-0.2, -0.15) is 0 Å². The molecule has 2 unspecified atom stereocenters. The number of carbonyl (C=O) groups is 2. The van der Waals surface area contributed by atoms with Crippen molar-refractivity contribution in [1.82, 2.24) is 10.6 Å². The second-order valence-electron chi connectivity index (χ2n) is 7.66. The number of aliphatic hydroxyl groups is 4. The highest BCUT2D eigenvalue weighted by Crippen LogP contribution is 2.21. The van der Waals surface area contributed by atoms with Crippen molar-refractivity contribution in [1.29, 1.82) is 0 Å². The van der Waals surface area contributed by atoms with Crippen LogP contribution in [0.3, 0.4) is 0 Å². The van der Waals surface area contributed by atoms with Gasteiger partial charge >= 0.3 is 0 Å². The zero-order valence-corrected chi connectivity index (χ0v) is 19.3. The number of carbonyl (C=O) groups excluding carboxylic acids is 2. The summed E-state index contributed by atoms with van der Waals surface area (Å²) in [6.45, 7) is 3.61. The van der Waals surface area contributed by atoms with Crippen LogP contribution in [-0.4, -0.2) is 116 Å². The summed E-state index contributed by atoms with van der Waals surface area (Å²) >= 11 is 0. The molecule has 6 N–H and O–H groups in total. The Morgan fingerprint density at radius 3 is 2.18 bits per heavy atom. The zero-order chi connectivity index (χ0) is 24.5. The summed E-state index contributed by atoms with van der Waals surface area (Å²) in [7, 11) is 0. The first-order valence-electron chi connectivity index (χ1n) is 11.5. The smallest absolute Gasteiger partial charge is 0.220 e. The number of hydrogen-bond donors (Lipinski definition) is 6. The summed E-state index contributed by atoms with van der Waals surface area (Å²) in [5, 5.41) is 43.9. The van der Waals surface area contributed by atoms with Crippen LogP contribution in [0, 0.1) is 0 Å². The first kappa shape index (κ1) is 29.7. The summed E-state index contributed by atoms with van der Waals surface area (Å²) in [6, 6.07) is 0. The molecule has 1 heterocycles. The lowest BCUT2D eigenvalue weighted by Gasteiger charge is -2.39. The highest BCUT2D eigenvalue weighted by Gasteiger charge is 2.43. The Bertz CT molecular complexity index is 537. The van der Waals surface area contributed by atoms with Gasteiger partial charge in [0, 0.05) is 25.9 Å². The minimum Gasteiger partial charge on any atom is -0.394 e. The molecule has 194 valence electrons. The molecule has 0 spiro atoms. The number of aliphatic hydroxyl groups excluding tert-OH is 4. The van der Waals surface area contributed by atoms with Crippen molar-refractivity contribution < 1.29 is 49.0 Å². The Morgan fingerprint density at radius 1 is 0.818 bits per heavy atom. The topological polar surface area (TPSA) is 176 Å². The van der Waals surface area contributed by atoms with Crippen LogP contribution in [0.1, 0.15) is 39.0 Å². The van der Waals surface area contributed by atoms with Crippen LogP contribution in [0.4, 0.5) is 0 Å². The van der Waals surface area contributed by atoms with Gasteiger partial charge < -0.3 is 50.0 Å². The molecule has 1 aliphatic heterocycles. The van der Waals surface area contributed by atoms with Crippen molar-refractivity contribution >= 4 is 11.8 Å². The Labute approximate surface area is 194 Å². The Morgan fingerprint density at radius 2 is 1.48 bits per heavy atom. The molecule has 0 aromatic rings. The fourth-order valence-electron chi connectivity index (χ4n) is 3.04. The molecule has 0 bridgehead atoms. The number of unbranched alkanes of at least 4 members (excludes halogenated alkanes) is 2. The van der Waals surface area contributed by atoms with Crippen LogP contribution in [0.15, 0.2) is 0 Å². The maximum absolute atomic E-state index is 11.7. The van der Waals surface area contributed by atoms with Gasteiger partial charge in [-0.15, -0.1) is 0 Å². The molecule has 33 heavy (non-hydrogen) atoms. The van der Waals surface area contributed by atoms with Gasteiger partial charge in [0.25, 0.3) is 0 Å². The molecular formula is C21H40N2O10. The van der Waals surface area contributed by atoms with Crippen LogP contribution in [0.25, 0.3) is 0 Å². The van der Waals surface area contributed by atoms with E-state index in [9.17, 15) is 24.9 Å². The van der Waals surface area contributed by atoms with Crippen LogP contribution in [-0.2, 0) is 28.5 Å². The molecule has 1 aliphatic rings. The van der Waals surface area contributed by atoms with Crippen LogP contribution >= 0.6 is 0 Å². The van der Waals surface area contributed by atoms with Crippen LogP contribution in [0.5, 0.6) is 0 Å². The molecule has 0 aliphatic carbocycles. The first-order valence-corrected chi connectivity index (χ1v) is 11.5. The van der Waals surface area contributed by atoms with Gasteiger partial charge in [-0.1, -0.05) is 13.3 Å². The molecule has 0 aromatic heterocycles. The Hall–Kier alpha value is -1.38. The third-order valence-electron chi connectivity index (χ3n) is 5.02. The van der Waals surface area contributed by atoms with E-state index in [-0.39, 0.29) is 25.0 Å². The molecule has 1 rings (SSSR count). The fourth-order valence-corrected chi connectivity index (χ4v) is 3.04. The maximum Gasteiger partial charge on any atom is 0.220 e. The quantitative estimate of drug-likeness (QED) is 0.121. The van der Waals surface area contributed by atoms with E-state index in [0.717, 1.165) is 19.3 Å². The Kier molecular flexibility index (Phi) is 16.2. The van der Waals surface area contributed by atoms with Crippen molar-refractivity contribution in [2.24, 2.45) is 0 Å². The molecule has 5 atom stereocenters. The zero-order valence-electron chi connectivity index (χ0n) is 19.3. The summed E-state index contributed by atoms with van der Waals surface area (Å²) in [5.41, 5.74) is 0. The summed E-state index contributed by atoms with van der Waals surface area (Å²) in [6.07, 6.45) is -3.09. The van der Waals surface area contributed by atoms with E-state index in [0.29, 0.717) is 45.8 Å². The van der Waals surface area contributed by atoms with Crippen molar-refractivity contribution in [3.05, 3.63) is 0 Å². The molecule has 2 amide bonds. The van der Waals surface area contributed by atoms with E-state index >= 15 is 0 Å². The SMILES string of the molecule is CCC(=O)NCCCCCC(=O)NCCOCCOCCO[C@H]1OC(CO)[C@@H](O)[C@H](O)C1O. The summed E-state index contributed by atoms with van der Waals surface area (Å²) in [4.78, 5) is 22.8. The summed E-state index contributed by atoms with van der Waals surface area (Å²) < 4.78 is 21.2. The van der Waals surface area contributed by atoms with Crippen molar-refractivity contribution in [3.63, 3.8) is 0 Å². The highest BCUT2D eigenvalue weighted by molar-refractivity contribution is 5.76. The van der Waals surface area contributed by atoms with Crippen molar-refractivity contribution in [2.75, 3.05) is 52.7 Å². The van der Waals surface area contributed by atoms with E-state index in [2.05, 4.69) is 10.6 Å². The van der Waals surface area contributed by atoms with Gasteiger partial charge in [-0.3, -0.25) is 9.59 Å². The fraction of sp³-hybridized carbons (Fsp3) is 0.905. The predicted octanol–water partition coefficient (Wildman–Crippen LogP) is -1.96. The van der Waals surface area contributed by atoms with Crippen LogP contribution in [0.2, 0.25) is 0 Å². The predicted molar refractivity (Wildman–Crippen MR) is 116 cm³/mol. The van der Waals surface area contributed by atoms with E-state index < -0.39 is 37.3 Å². The lowest BCUT2D eigenvalue weighted by Crippen LogP contribution is -2.59. The minimum atomic E-state index is -1.48. The lowest BCUT2D eigenvalue weighted by atomic mass is 9.99. The third-order valence-corrected chi connectivity index (χ3v) is 5.02. The average molecular weight is 481 g/mol. The second kappa shape index (κ2) is 18.0. The molecule has 12 nitrogen and oxygen atoms in total. The normalized spacial score (nSPS) is 25.1. The molecule has 1 fully saturated rings. The summed E-state index contributed by atoms with van der Waals surface area (Å²) in [5.74, 6) is 0.0114. The lowest BCUT2D eigenvalue weighted by molar-refractivity contribution is -0.302. The van der Waals surface area contributed by atoms with Gasteiger partial charge in [0.15, 0.2) is 6.29 Å². The molecule has 0 radical (unpaired) electrons. The maximum atomic E-state index is 11.7. The van der Waals surface area contributed by atoms with E-state index in [1.165, 1.54) is 0 Å². The number of rotatable bonds is 18. The molecule has 0 aromatic carbocycles. The van der Waals surface area contributed by atoms with Gasteiger partial charge in [0.2, 0.25) is 11.8 Å². The highest BCUT2D eigenvalue weighted by atomic mass is 16.7. The van der Waals surface area contributed by atoms with Gasteiger partial charge in [0.05, 0.1) is 39.6 Å². The second-order valence-corrected chi connectivity index (χ2v) is 7.66. The molecule has 1 saturated heterocycles. The van der Waals surface area contributed by atoms with Gasteiger partial charge in [-0.05, 0) is 12.8 Å². The average Bonchev–Trinajstić information content (AvgIpc) is 2.81. The monoisotopic (exact) mass is 480 g/mol. The Balaban J connectivity index is 1.91. The minimum absolute atomic E-state index is 0.0298.